The summed E-state index contributed by atoms with van der Waals surface area (Å²) in [6.07, 6.45) is -2.14. The number of hydrogen-bond donors (Lipinski definition) is 1. The Labute approximate surface area is 191 Å². The number of amides is 2. The van der Waals surface area contributed by atoms with Crippen LogP contribution in [-0.2, 0) is 38.7 Å². The molecule has 0 unspecified atom stereocenters. The first kappa shape index (κ1) is 23.5. The van der Waals surface area contributed by atoms with Gasteiger partial charge in [0.2, 0.25) is 0 Å². The summed E-state index contributed by atoms with van der Waals surface area (Å²) in [5.41, 5.74) is 2.11. The largest absolute Gasteiger partial charge is 0.444 e. The van der Waals surface area contributed by atoms with Gasteiger partial charge in [0, 0.05) is 6.42 Å². The van der Waals surface area contributed by atoms with Crippen molar-refractivity contribution in [2.45, 2.75) is 25.7 Å². The van der Waals surface area contributed by atoms with Crippen molar-refractivity contribution in [3.63, 3.8) is 0 Å². The van der Waals surface area contributed by atoms with Crippen LogP contribution in [0.4, 0.5) is 9.59 Å². The van der Waals surface area contributed by atoms with Crippen LogP contribution in [0, 0.1) is 0 Å². The van der Waals surface area contributed by atoms with Crippen molar-refractivity contribution < 1.29 is 28.7 Å². The molecule has 33 heavy (non-hydrogen) atoms. The maximum atomic E-state index is 13.0. The number of carbonyl (C=O) groups is 3. The molecule has 0 saturated heterocycles. The van der Waals surface area contributed by atoms with Gasteiger partial charge in [-0.15, -0.1) is 0 Å². The molecule has 0 fully saturated rings. The number of nitrogens with zero attached hydrogens (tertiary/aromatic N) is 1. The molecular formula is C25H24N2O6. The predicted molar refractivity (Wildman–Crippen MR) is 119 cm³/mol. The maximum absolute atomic E-state index is 13.0. The van der Waals surface area contributed by atoms with Gasteiger partial charge in [-0.25, -0.2) is 14.4 Å². The van der Waals surface area contributed by atoms with Crippen molar-refractivity contribution in [1.29, 1.82) is 0 Å². The Kier molecular flexibility index (Phi) is 8.55. The lowest BCUT2D eigenvalue weighted by Gasteiger charge is -2.26. The van der Waals surface area contributed by atoms with Crippen molar-refractivity contribution in [2.75, 3.05) is 0 Å². The number of carbonyl (C=O) groups excluding carboxylic acids is 3. The van der Waals surface area contributed by atoms with Crippen LogP contribution in [0.3, 0.4) is 0 Å². The molecule has 2 amide bonds. The second-order valence-corrected chi connectivity index (χ2v) is 7.09. The van der Waals surface area contributed by atoms with Crippen LogP contribution >= 0.6 is 0 Å². The van der Waals surface area contributed by atoms with Crippen molar-refractivity contribution >= 4 is 18.2 Å². The van der Waals surface area contributed by atoms with Crippen molar-refractivity contribution in [3.8, 4) is 0 Å². The lowest BCUT2D eigenvalue weighted by atomic mass is 10.1. The minimum Gasteiger partial charge on any atom is -0.444 e. The zero-order chi connectivity index (χ0) is 23.5. The summed E-state index contributed by atoms with van der Waals surface area (Å²) in [4.78, 5) is 43.5. The van der Waals surface area contributed by atoms with Crippen LogP contribution in [0.25, 0.3) is 0 Å². The van der Waals surface area contributed by atoms with Crippen LogP contribution in [0.15, 0.2) is 91.0 Å². The minimum absolute atomic E-state index is 0.0300. The number of benzene rings is 3. The fourth-order valence-corrected chi connectivity index (χ4v) is 3.10. The molecule has 2 N–H and O–H groups in total. The average Bonchev–Trinajstić information content (AvgIpc) is 2.87. The summed E-state index contributed by atoms with van der Waals surface area (Å²) in [5, 5.41) is 0. The Morgan fingerprint density at radius 1 is 0.667 bits per heavy atom. The highest BCUT2D eigenvalue weighted by Gasteiger charge is 2.38. The molecule has 0 aliphatic heterocycles. The quantitative estimate of drug-likeness (QED) is 0.519. The molecule has 0 aliphatic rings. The van der Waals surface area contributed by atoms with E-state index in [1.165, 1.54) is 0 Å². The number of imide groups is 1. The van der Waals surface area contributed by atoms with Crippen LogP contribution in [0.5, 0.6) is 0 Å². The van der Waals surface area contributed by atoms with E-state index < -0.39 is 24.2 Å². The van der Waals surface area contributed by atoms with E-state index in [1.54, 1.807) is 78.9 Å². The molecule has 0 spiro atoms. The Balaban J connectivity index is 1.82. The normalized spacial score (nSPS) is 11.2. The van der Waals surface area contributed by atoms with Crippen LogP contribution in [0.2, 0.25) is 0 Å². The molecule has 0 radical (unpaired) electrons. The molecule has 8 nitrogen and oxygen atoms in total. The summed E-state index contributed by atoms with van der Waals surface area (Å²) in [5.74, 6) is 4.13. The standard InChI is InChI=1S/C25H24N2O6/c26-33-23(28)22(16-19-10-4-1-5-11-19)27(24(29)31-17-20-12-6-2-7-13-20)25(30)32-18-21-14-8-3-9-15-21/h1-15,22H,16-18,26H2/t22-/m0/s1. The Bertz CT molecular complexity index is 989. The third-order valence-corrected chi connectivity index (χ3v) is 4.78. The van der Waals surface area contributed by atoms with E-state index >= 15 is 0 Å². The van der Waals surface area contributed by atoms with E-state index in [2.05, 4.69) is 4.84 Å². The van der Waals surface area contributed by atoms with Gasteiger partial charge in [0.25, 0.3) is 0 Å². The summed E-state index contributed by atoms with van der Waals surface area (Å²) in [7, 11) is 0. The first-order valence-corrected chi connectivity index (χ1v) is 10.2. The third kappa shape index (κ3) is 6.91. The predicted octanol–water partition coefficient (Wildman–Crippen LogP) is 3.99. The number of nitrogens with two attached hydrogens (primary N) is 1. The second kappa shape index (κ2) is 12.0. The average molecular weight is 448 g/mol. The van der Waals surface area contributed by atoms with E-state index in [1.807, 2.05) is 12.1 Å². The Hall–Kier alpha value is -4.17. The van der Waals surface area contributed by atoms with Crippen molar-refractivity contribution in [2.24, 2.45) is 5.90 Å². The molecule has 0 bridgehead atoms. The highest BCUT2D eigenvalue weighted by molar-refractivity contribution is 5.94. The second-order valence-electron chi connectivity index (χ2n) is 7.09. The van der Waals surface area contributed by atoms with Crippen LogP contribution in [0.1, 0.15) is 16.7 Å². The van der Waals surface area contributed by atoms with E-state index in [4.69, 9.17) is 15.4 Å². The lowest BCUT2D eigenvalue weighted by molar-refractivity contribution is -0.149. The zero-order valence-electron chi connectivity index (χ0n) is 17.8. The van der Waals surface area contributed by atoms with Gasteiger partial charge >= 0.3 is 18.2 Å². The van der Waals surface area contributed by atoms with E-state index in [9.17, 15) is 14.4 Å². The molecular weight excluding hydrogens is 424 g/mol. The minimum atomic E-state index is -1.39. The molecule has 3 aromatic carbocycles. The molecule has 0 saturated carbocycles. The van der Waals surface area contributed by atoms with Crippen molar-refractivity contribution in [1.82, 2.24) is 4.90 Å². The monoisotopic (exact) mass is 448 g/mol. The molecule has 0 heterocycles. The highest BCUT2D eigenvalue weighted by atomic mass is 16.7. The van der Waals surface area contributed by atoms with Gasteiger partial charge in [0.15, 0.2) is 0 Å². The van der Waals surface area contributed by atoms with Gasteiger partial charge in [-0.1, -0.05) is 91.0 Å². The van der Waals surface area contributed by atoms with Gasteiger partial charge in [-0.3, -0.25) is 0 Å². The molecule has 0 aromatic heterocycles. The number of hydrogen-bond acceptors (Lipinski definition) is 7. The van der Waals surface area contributed by atoms with E-state index in [0.717, 1.165) is 0 Å². The van der Waals surface area contributed by atoms with Crippen molar-refractivity contribution in [3.05, 3.63) is 108 Å². The summed E-state index contributed by atoms with van der Waals surface area (Å²) >= 11 is 0. The maximum Gasteiger partial charge on any atom is 0.420 e. The molecule has 3 aromatic rings. The van der Waals surface area contributed by atoms with E-state index in [0.29, 0.717) is 21.6 Å². The topological polar surface area (TPSA) is 108 Å². The Morgan fingerprint density at radius 3 is 1.45 bits per heavy atom. The smallest absolute Gasteiger partial charge is 0.420 e. The van der Waals surface area contributed by atoms with Gasteiger partial charge in [0.05, 0.1) is 0 Å². The Morgan fingerprint density at radius 2 is 1.06 bits per heavy atom. The van der Waals surface area contributed by atoms with Gasteiger partial charge in [-0.05, 0) is 16.7 Å². The van der Waals surface area contributed by atoms with Gasteiger partial charge < -0.3 is 14.3 Å². The summed E-state index contributed by atoms with van der Waals surface area (Å²) in [6, 6.07) is 25.3. The number of ether oxygens (including phenoxy) is 2. The fourth-order valence-electron chi connectivity index (χ4n) is 3.10. The zero-order valence-corrected chi connectivity index (χ0v) is 17.8. The SMILES string of the molecule is NOC(=O)[C@H](Cc1ccccc1)N(C(=O)OCc1ccccc1)C(=O)OCc1ccccc1. The number of rotatable bonds is 8. The fraction of sp³-hybridized carbons (Fsp3) is 0.160. The van der Waals surface area contributed by atoms with Gasteiger partial charge in [-0.2, -0.15) is 10.8 Å². The highest BCUT2D eigenvalue weighted by Crippen LogP contribution is 2.16. The molecule has 3 rings (SSSR count). The third-order valence-electron chi connectivity index (χ3n) is 4.78. The lowest BCUT2D eigenvalue weighted by Crippen LogP contribution is -2.51. The first-order chi connectivity index (χ1) is 16.1. The van der Waals surface area contributed by atoms with Crippen LogP contribution in [-0.4, -0.2) is 29.1 Å². The molecule has 170 valence electrons. The molecule has 1 atom stereocenters. The van der Waals surface area contributed by atoms with E-state index in [-0.39, 0.29) is 19.6 Å². The molecule has 8 heteroatoms. The molecule has 0 aliphatic carbocycles. The van der Waals surface area contributed by atoms with Crippen LogP contribution < -0.4 is 5.90 Å². The first-order valence-electron chi connectivity index (χ1n) is 10.2. The summed E-state index contributed by atoms with van der Waals surface area (Å²) < 4.78 is 10.6. The summed E-state index contributed by atoms with van der Waals surface area (Å²) in [6.45, 7) is -0.199. The van der Waals surface area contributed by atoms with Gasteiger partial charge in [0.1, 0.15) is 19.3 Å².